The fourth-order valence-electron chi connectivity index (χ4n) is 1.64. The van der Waals surface area contributed by atoms with E-state index in [0.717, 1.165) is 12.1 Å². The number of para-hydroxylation sites is 1. The lowest BCUT2D eigenvalue weighted by Crippen LogP contribution is -2.40. The molecule has 0 fully saturated rings. The summed E-state index contributed by atoms with van der Waals surface area (Å²) in [6.45, 7) is -1.50. The van der Waals surface area contributed by atoms with E-state index in [1.165, 1.54) is 12.1 Å². The summed E-state index contributed by atoms with van der Waals surface area (Å²) in [6, 6.07) is 3.45. The van der Waals surface area contributed by atoms with Gasteiger partial charge in [0.2, 0.25) is 10.0 Å². The second kappa shape index (κ2) is 7.32. The molecule has 0 aliphatic rings. The first-order chi connectivity index (χ1) is 9.77. The fourth-order valence-corrected chi connectivity index (χ4v) is 3.00. The molecule has 21 heavy (non-hydrogen) atoms. The molecule has 0 aliphatic carbocycles. The molecule has 1 aromatic carbocycles. The van der Waals surface area contributed by atoms with Crippen LogP contribution in [0.3, 0.4) is 0 Å². The van der Waals surface area contributed by atoms with Gasteiger partial charge in [-0.05, 0) is 18.6 Å². The molecule has 0 amide bonds. The van der Waals surface area contributed by atoms with Gasteiger partial charge in [0, 0.05) is 0 Å². The molecule has 0 radical (unpaired) electrons. The number of hydrogen-bond acceptors (Lipinski definition) is 4. The van der Waals surface area contributed by atoms with Crippen LogP contribution in [0.25, 0.3) is 0 Å². The summed E-state index contributed by atoms with van der Waals surface area (Å²) in [5, 5.41) is 8.95. The van der Waals surface area contributed by atoms with E-state index in [9.17, 15) is 22.0 Å². The van der Waals surface area contributed by atoms with Gasteiger partial charge in [-0.15, -0.1) is 0 Å². The average molecular weight is 323 g/mol. The summed E-state index contributed by atoms with van der Waals surface area (Å²) >= 11 is 0. The lowest BCUT2D eigenvalue weighted by molar-refractivity contribution is -0.139. The minimum Gasteiger partial charge on any atom is -0.480 e. The van der Waals surface area contributed by atoms with Crippen LogP contribution in [0.15, 0.2) is 29.2 Å². The Morgan fingerprint density at radius 2 is 2.00 bits per heavy atom. The van der Waals surface area contributed by atoms with Crippen LogP contribution in [0.4, 0.5) is 8.78 Å². The lowest BCUT2D eigenvalue weighted by Gasteiger charge is -2.16. The van der Waals surface area contributed by atoms with Crippen LogP contribution in [0.5, 0.6) is 5.75 Å². The Labute approximate surface area is 120 Å². The number of hydrogen-bond donors (Lipinski definition) is 2. The van der Waals surface area contributed by atoms with E-state index in [4.69, 9.17) is 5.11 Å². The number of benzene rings is 1. The summed E-state index contributed by atoms with van der Waals surface area (Å²) in [5.41, 5.74) is 0. The van der Waals surface area contributed by atoms with E-state index in [1.54, 1.807) is 6.92 Å². The Kier molecular flexibility index (Phi) is 6.03. The van der Waals surface area contributed by atoms with Gasteiger partial charge in [-0.25, -0.2) is 8.42 Å². The van der Waals surface area contributed by atoms with Crippen LogP contribution in [0.2, 0.25) is 0 Å². The number of carbonyl (C=O) groups is 1. The number of halogens is 2. The van der Waals surface area contributed by atoms with Gasteiger partial charge in [-0.1, -0.05) is 25.5 Å². The molecule has 0 aliphatic heterocycles. The predicted octanol–water partition coefficient (Wildman–Crippen LogP) is 1.82. The van der Waals surface area contributed by atoms with E-state index in [2.05, 4.69) is 4.74 Å². The quantitative estimate of drug-likeness (QED) is 0.761. The lowest BCUT2D eigenvalue weighted by atomic mass is 10.2. The largest absolute Gasteiger partial charge is 0.480 e. The van der Waals surface area contributed by atoms with Crippen LogP contribution in [-0.2, 0) is 14.8 Å². The van der Waals surface area contributed by atoms with Crippen LogP contribution < -0.4 is 9.46 Å². The van der Waals surface area contributed by atoms with Crippen molar-refractivity contribution >= 4 is 16.0 Å². The molecule has 2 N–H and O–H groups in total. The van der Waals surface area contributed by atoms with Gasteiger partial charge in [-0.3, -0.25) is 4.79 Å². The highest BCUT2D eigenvalue weighted by atomic mass is 32.2. The van der Waals surface area contributed by atoms with Crippen molar-refractivity contribution < 1.29 is 31.8 Å². The maximum absolute atomic E-state index is 12.3. The third kappa shape index (κ3) is 4.94. The van der Waals surface area contributed by atoms with Gasteiger partial charge in [0.05, 0.1) is 0 Å². The van der Waals surface area contributed by atoms with E-state index in [-0.39, 0.29) is 6.42 Å². The first kappa shape index (κ1) is 17.3. The third-order valence-corrected chi connectivity index (χ3v) is 4.04. The molecule has 9 heteroatoms. The molecule has 0 spiro atoms. The zero-order valence-electron chi connectivity index (χ0n) is 11.1. The number of carboxylic acids is 1. The Morgan fingerprint density at radius 3 is 2.52 bits per heavy atom. The van der Waals surface area contributed by atoms with Crippen LogP contribution >= 0.6 is 0 Å². The fraction of sp³-hybridized carbons (Fsp3) is 0.417. The Bertz CT molecular complexity index is 591. The number of carboxylic acid groups (broad SMARTS) is 1. The first-order valence-electron chi connectivity index (χ1n) is 6.07. The zero-order chi connectivity index (χ0) is 16.0. The van der Waals surface area contributed by atoms with Gasteiger partial charge in [0.15, 0.2) is 0 Å². The van der Waals surface area contributed by atoms with Crippen molar-refractivity contribution in [2.24, 2.45) is 0 Å². The second-order valence-electron chi connectivity index (χ2n) is 4.13. The van der Waals surface area contributed by atoms with Crippen molar-refractivity contribution in [2.75, 3.05) is 0 Å². The van der Waals surface area contributed by atoms with E-state index >= 15 is 0 Å². The highest BCUT2D eigenvalue weighted by Gasteiger charge is 2.27. The smallest absolute Gasteiger partial charge is 0.387 e. The second-order valence-corrected chi connectivity index (χ2v) is 5.81. The van der Waals surface area contributed by atoms with Crippen molar-refractivity contribution in [1.82, 2.24) is 4.72 Å². The molecular weight excluding hydrogens is 308 g/mol. The highest BCUT2D eigenvalue weighted by Crippen LogP contribution is 2.25. The Hall–Kier alpha value is -1.74. The summed E-state index contributed by atoms with van der Waals surface area (Å²) < 4.78 is 54.9. The predicted molar refractivity (Wildman–Crippen MR) is 69.7 cm³/mol. The third-order valence-electron chi connectivity index (χ3n) is 2.53. The molecule has 1 rings (SSSR count). The van der Waals surface area contributed by atoms with Crippen LogP contribution in [0, 0.1) is 0 Å². The van der Waals surface area contributed by atoms with E-state index in [0.29, 0.717) is 6.42 Å². The number of sulfonamides is 1. The molecule has 0 aromatic heterocycles. The number of alkyl halides is 2. The van der Waals surface area contributed by atoms with E-state index < -0.39 is 39.3 Å². The summed E-state index contributed by atoms with van der Waals surface area (Å²) in [5.74, 6) is -1.88. The molecule has 0 saturated heterocycles. The van der Waals surface area contributed by atoms with Crippen LogP contribution in [0.1, 0.15) is 19.8 Å². The van der Waals surface area contributed by atoms with Crippen molar-refractivity contribution in [3.8, 4) is 5.75 Å². The van der Waals surface area contributed by atoms with Gasteiger partial charge in [0.1, 0.15) is 16.7 Å². The van der Waals surface area contributed by atoms with Crippen molar-refractivity contribution in [1.29, 1.82) is 0 Å². The van der Waals surface area contributed by atoms with Gasteiger partial charge in [-0.2, -0.15) is 13.5 Å². The molecule has 118 valence electrons. The topological polar surface area (TPSA) is 92.7 Å². The minimum absolute atomic E-state index is 0.0758. The monoisotopic (exact) mass is 323 g/mol. The minimum atomic E-state index is -4.29. The maximum Gasteiger partial charge on any atom is 0.387 e. The zero-order valence-corrected chi connectivity index (χ0v) is 11.9. The SMILES string of the molecule is CCCC(NS(=O)(=O)c1ccccc1OC(F)F)C(=O)O. The van der Waals surface area contributed by atoms with Crippen molar-refractivity contribution in [3.05, 3.63) is 24.3 Å². The van der Waals surface area contributed by atoms with Crippen molar-refractivity contribution in [2.45, 2.75) is 37.3 Å². The Morgan fingerprint density at radius 1 is 1.38 bits per heavy atom. The molecule has 1 unspecified atom stereocenters. The van der Waals surface area contributed by atoms with Gasteiger partial charge < -0.3 is 9.84 Å². The summed E-state index contributed by atoms with van der Waals surface area (Å²) in [4.78, 5) is 10.4. The van der Waals surface area contributed by atoms with Gasteiger partial charge >= 0.3 is 12.6 Å². The Balaban J connectivity index is 3.10. The number of ether oxygens (including phenoxy) is 1. The molecular formula is C12H15F2NO5S. The normalized spacial score (nSPS) is 13.1. The molecule has 0 saturated carbocycles. The first-order valence-corrected chi connectivity index (χ1v) is 7.55. The standard InChI is InChI=1S/C12H15F2NO5S/c1-2-5-8(11(16)17)15-21(18,19)10-7-4-3-6-9(10)20-12(13)14/h3-4,6-8,12,15H,2,5H2,1H3,(H,16,17). The van der Waals surface area contributed by atoms with Crippen molar-refractivity contribution in [3.63, 3.8) is 0 Å². The molecule has 1 atom stereocenters. The number of rotatable bonds is 8. The molecule has 6 nitrogen and oxygen atoms in total. The molecule has 0 heterocycles. The number of aliphatic carboxylic acids is 1. The molecule has 0 bridgehead atoms. The summed E-state index contributed by atoms with van der Waals surface area (Å²) in [7, 11) is -4.29. The number of nitrogens with one attached hydrogen (secondary N) is 1. The van der Waals surface area contributed by atoms with Gasteiger partial charge in [0.25, 0.3) is 0 Å². The molecule has 1 aromatic rings. The maximum atomic E-state index is 12.3. The summed E-state index contributed by atoms with van der Waals surface area (Å²) in [6.07, 6.45) is 0.515. The average Bonchev–Trinajstić information content (AvgIpc) is 2.37. The highest BCUT2D eigenvalue weighted by molar-refractivity contribution is 7.89. The van der Waals surface area contributed by atoms with E-state index in [1.807, 2.05) is 4.72 Å². The van der Waals surface area contributed by atoms with Crippen LogP contribution in [-0.4, -0.2) is 32.1 Å².